The first kappa shape index (κ1) is 14.3. The molecule has 1 aromatic carbocycles. The summed E-state index contributed by atoms with van der Waals surface area (Å²) >= 11 is 0. The summed E-state index contributed by atoms with van der Waals surface area (Å²) in [5.74, 6) is 0.874. The zero-order valence-electron chi connectivity index (χ0n) is 12.9. The van der Waals surface area contributed by atoms with Crippen molar-refractivity contribution in [2.24, 2.45) is 0 Å². The van der Waals surface area contributed by atoms with Gasteiger partial charge in [-0.25, -0.2) is 0 Å². The highest BCUT2D eigenvalue weighted by molar-refractivity contribution is 5.68. The van der Waals surface area contributed by atoms with Crippen LogP contribution in [0.2, 0.25) is 0 Å². The molecule has 2 rings (SSSR count). The largest absolute Gasteiger partial charge is 0.378 e. The van der Waals surface area contributed by atoms with E-state index in [0.29, 0.717) is 0 Å². The third kappa shape index (κ3) is 2.74. The van der Waals surface area contributed by atoms with Gasteiger partial charge in [0.1, 0.15) is 0 Å². The van der Waals surface area contributed by atoms with E-state index in [1.807, 2.05) is 14.1 Å². The van der Waals surface area contributed by atoms with Gasteiger partial charge in [0.25, 0.3) is 0 Å². The van der Waals surface area contributed by atoms with Crippen molar-refractivity contribution in [3.8, 4) is 11.3 Å². The number of anilines is 2. The number of rotatable bonds is 4. The van der Waals surface area contributed by atoms with Gasteiger partial charge in [0, 0.05) is 31.9 Å². The van der Waals surface area contributed by atoms with E-state index in [1.54, 1.807) is 0 Å². The van der Waals surface area contributed by atoms with Gasteiger partial charge >= 0.3 is 0 Å². The van der Waals surface area contributed by atoms with Crippen LogP contribution in [-0.4, -0.2) is 30.8 Å². The fraction of sp³-hybridized carbons (Fsp3) is 0.375. The fourth-order valence-corrected chi connectivity index (χ4v) is 2.13. The molecule has 1 heterocycles. The SMILES string of the molecule is CCNc1nnc(-c2ccc(N(C)C)cc2)c(C)c1C. The van der Waals surface area contributed by atoms with Gasteiger partial charge < -0.3 is 10.2 Å². The summed E-state index contributed by atoms with van der Waals surface area (Å²) in [6.07, 6.45) is 0. The monoisotopic (exact) mass is 270 g/mol. The quantitative estimate of drug-likeness (QED) is 0.926. The Morgan fingerprint density at radius 3 is 2.20 bits per heavy atom. The van der Waals surface area contributed by atoms with Crippen molar-refractivity contribution in [3.63, 3.8) is 0 Å². The number of hydrogen-bond acceptors (Lipinski definition) is 4. The summed E-state index contributed by atoms with van der Waals surface area (Å²) in [5, 5.41) is 11.9. The molecule has 0 saturated heterocycles. The summed E-state index contributed by atoms with van der Waals surface area (Å²) in [7, 11) is 4.07. The van der Waals surface area contributed by atoms with Crippen molar-refractivity contribution in [2.45, 2.75) is 20.8 Å². The van der Waals surface area contributed by atoms with Crippen LogP contribution in [0.15, 0.2) is 24.3 Å². The highest BCUT2D eigenvalue weighted by atomic mass is 15.2. The third-order valence-corrected chi connectivity index (χ3v) is 3.52. The summed E-state index contributed by atoms with van der Waals surface area (Å²) < 4.78 is 0. The molecule has 0 aliphatic heterocycles. The van der Waals surface area contributed by atoms with Crippen LogP contribution in [0, 0.1) is 13.8 Å². The molecule has 2 aromatic rings. The minimum Gasteiger partial charge on any atom is -0.378 e. The highest BCUT2D eigenvalue weighted by Crippen LogP contribution is 2.27. The molecule has 0 aliphatic rings. The summed E-state index contributed by atoms with van der Waals surface area (Å²) in [4.78, 5) is 2.09. The lowest BCUT2D eigenvalue weighted by Gasteiger charge is -2.14. The van der Waals surface area contributed by atoms with E-state index in [-0.39, 0.29) is 0 Å². The second-order valence-corrected chi connectivity index (χ2v) is 5.12. The van der Waals surface area contributed by atoms with Crippen LogP contribution >= 0.6 is 0 Å². The Bertz CT molecular complexity index is 588. The van der Waals surface area contributed by atoms with Crippen molar-refractivity contribution in [1.29, 1.82) is 0 Å². The van der Waals surface area contributed by atoms with Gasteiger partial charge in [-0.15, -0.1) is 10.2 Å². The van der Waals surface area contributed by atoms with Crippen molar-refractivity contribution >= 4 is 11.5 Å². The van der Waals surface area contributed by atoms with E-state index < -0.39 is 0 Å². The van der Waals surface area contributed by atoms with Crippen molar-refractivity contribution in [3.05, 3.63) is 35.4 Å². The lowest BCUT2D eigenvalue weighted by atomic mass is 10.0. The van der Waals surface area contributed by atoms with Crippen molar-refractivity contribution in [1.82, 2.24) is 10.2 Å². The number of nitrogens with one attached hydrogen (secondary N) is 1. The first-order valence-corrected chi connectivity index (χ1v) is 6.90. The number of hydrogen-bond donors (Lipinski definition) is 1. The van der Waals surface area contributed by atoms with Crippen LogP contribution in [0.5, 0.6) is 0 Å². The maximum Gasteiger partial charge on any atom is 0.151 e. The molecule has 106 valence electrons. The van der Waals surface area contributed by atoms with Crippen molar-refractivity contribution < 1.29 is 0 Å². The Morgan fingerprint density at radius 2 is 1.65 bits per heavy atom. The molecule has 1 N–H and O–H groups in total. The molecule has 0 fully saturated rings. The normalized spacial score (nSPS) is 10.4. The van der Waals surface area contributed by atoms with Gasteiger partial charge in [-0.3, -0.25) is 0 Å². The van der Waals surface area contributed by atoms with Crippen LogP contribution in [0.1, 0.15) is 18.1 Å². The van der Waals surface area contributed by atoms with Crippen molar-refractivity contribution in [2.75, 3.05) is 30.9 Å². The molecular formula is C16H22N4. The fourth-order valence-electron chi connectivity index (χ4n) is 2.13. The Balaban J connectivity index is 2.40. The van der Waals surface area contributed by atoms with Gasteiger partial charge in [0.05, 0.1) is 5.69 Å². The molecule has 1 aromatic heterocycles. The molecule has 0 aliphatic carbocycles. The molecule has 4 nitrogen and oxygen atoms in total. The zero-order valence-corrected chi connectivity index (χ0v) is 12.9. The van der Waals surface area contributed by atoms with Crippen LogP contribution in [-0.2, 0) is 0 Å². The van der Waals surface area contributed by atoms with E-state index >= 15 is 0 Å². The zero-order chi connectivity index (χ0) is 14.7. The van der Waals surface area contributed by atoms with Gasteiger partial charge in [0.2, 0.25) is 0 Å². The average Bonchev–Trinajstić information content (AvgIpc) is 2.44. The van der Waals surface area contributed by atoms with Gasteiger partial charge in [0.15, 0.2) is 5.82 Å². The van der Waals surface area contributed by atoms with Crippen LogP contribution in [0.25, 0.3) is 11.3 Å². The Hall–Kier alpha value is -2.10. The minimum atomic E-state index is 0.853. The molecule has 0 unspecified atom stereocenters. The van der Waals surface area contributed by atoms with Gasteiger partial charge in [-0.2, -0.15) is 0 Å². The average molecular weight is 270 g/mol. The second-order valence-electron chi connectivity index (χ2n) is 5.12. The lowest BCUT2D eigenvalue weighted by molar-refractivity contribution is 0.987. The van der Waals surface area contributed by atoms with Crippen LogP contribution < -0.4 is 10.2 Å². The maximum atomic E-state index is 4.38. The van der Waals surface area contributed by atoms with Gasteiger partial charge in [-0.05, 0) is 44.0 Å². The van der Waals surface area contributed by atoms with Crippen LogP contribution in [0.4, 0.5) is 11.5 Å². The Kier molecular flexibility index (Phi) is 4.23. The van der Waals surface area contributed by atoms with E-state index in [4.69, 9.17) is 0 Å². The number of nitrogens with zero attached hydrogens (tertiary/aromatic N) is 3. The lowest BCUT2D eigenvalue weighted by Crippen LogP contribution is -2.08. The summed E-state index contributed by atoms with van der Waals surface area (Å²) in [5.41, 5.74) is 5.57. The number of benzene rings is 1. The molecule has 0 amide bonds. The number of aromatic nitrogens is 2. The van der Waals surface area contributed by atoms with E-state index in [9.17, 15) is 0 Å². The molecule has 0 radical (unpaired) electrons. The van der Waals surface area contributed by atoms with Gasteiger partial charge in [-0.1, -0.05) is 12.1 Å². The first-order valence-electron chi connectivity index (χ1n) is 6.90. The minimum absolute atomic E-state index is 0.853. The molecule has 0 saturated carbocycles. The first-order chi connectivity index (χ1) is 9.54. The Labute approximate surface area is 120 Å². The molecular weight excluding hydrogens is 248 g/mol. The Morgan fingerprint density at radius 1 is 1.00 bits per heavy atom. The molecule has 0 bridgehead atoms. The molecule has 0 atom stereocenters. The predicted molar refractivity (Wildman–Crippen MR) is 85.4 cm³/mol. The van der Waals surface area contributed by atoms with E-state index in [1.165, 1.54) is 11.3 Å². The molecule has 20 heavy (non-hydrogen) atoms. The maximum absolute atomic E-state index is 4.38. The second kappa shape index (κ2) is 5.90. The molecule has 4 heteroatoms. The smallest absolute Gasteiger partial charge is 0.151 e. The summed E-state index contributed by atoms with van der Waals surface area (Å²) in [6, 6.07) is 8.39. The third-order valence-electron chi connectivity index (χ3n) is 3.52. The van der Waals surface area contributed by atoms with E-state index in [2.05, 4.69) is 65.5 Å². The topological polar surface area (TPSA) is 41.1 Å². The molecule has 0 spiro atoms. The predicted octanol–water partition coefficient (Wildman–Crippen LogP) is 3.26. The van der Waals surface area contributed by atoms with Crippen LogP contribution in [0.3, 0.4) is 0 Å². The summed E-state index contributed by atoms with van der Waals surface area (Å²) in [6.45, 7) is 7.09. The van der Waals surface area contributed by atoms with E-state index in [0.717, 1.165) is 29.2 Å². The highest BCUT2D eigenvalue weighted by Gasteiger charge is 2.11. The standard InChI is InChI=1S/C16H22N4/c1-6-17-16-12(3)11(2)15(18-19-16)13-7-9-14(10-8-13)20(4)5/h7-10H,6H2,1-5H3,(H,17,19).